The van der Waals surface area contributed by atoms with E-state index in [0.29, 0.717) is 6.54 Å². The molecule has 7 heteroatoms. The number of rotatable bonds is 6. The predicted molar refractivity (Wildman–Crippen MR) is 115 cm³/mol. The Morgan fingerprint density at radius 2 is 1.93 bits per heavy atom. The lowest BCUT2D eigenvalue weighted by molar-refractivity contribution is 0.172. The summed E-state index contributed by atoms with van der Waals surface area (Å²) in [6, 6.07) is 10.7. The first-order valence-electron chi connectivity index (χ1n) is 9.57. The first-order valence-corrected chi connectivity index (χ1v) is 10.4. The average Bonchev–Trinajstić information content (AvgIpc) is 3.16. The summed E-state index contributed by atoms with van der Waals surface area (Å²) in [4.78, 5) is 16.4. The van der Waals surface area contributed by atoms with E-state index in [1.54, 1.807) is 11.3 Å². The smallest absolute Gasteiger partial charge is 0.194 e. The maximum atomic E-state index is 4.83. The van der Waals surface area contributed by atoms with Crippen LogP contribution in [0.3, 0.4) is 0 Å². The highest BCUT2D eigenvalue weighted by molar-refractivity contribution is 7.13. The Morgan fingerprint density at radius 1 is 1.19 bits per heavy atom. The van der Waals surface area contributed by atoms with Gasteiger partial charge in [0, 0.05) is 58.7 Å². The molecule has 0 saturated carbocycles. The van der Waals surface area contributed by atoms with E-state index in [4.69, 9.17) is 4.99 Å². The number of aliphatic imine (C=N–C) groups is 1. The van der Waals surface area contributed by atoms with Crippen LogP contribution in [0, 0.1) is 0 Å². The summed E-state index contributed by atoms with van der Waals surface area (Å²) >= 11 is 1.66. The molecule has 1 saturated heterocycles. The van der Waals surface area contributed by atoms with Crippen LogP contribution in [0.15, 0.2) is 40.7 Å². The van der Waals surface area contributed by atoms with E-state index in [-0.39, 0.29) is 0 Å². The highest BCUT2D eigenvalue weighted by Crippen LogP contribution is 2.18. The lowest BCUT2D eigenvalue weighted by Crippen LogP contribution is -2.52. The van der Waals surface area contributed by atoms with Crippen molar-refractivity contribution in [1.82, 2.24) is 20.1 Å². The molecule has 3 rings (SSSR count). The third-order valence-corrected chi connectivity index (χ3v) is 5.63. The van der Waals surface area contributed by atoms with Gasteiger partial charge in [0.1, 0.15) is 0 Å². The van der Waals surface area contributed by atoms with Gasteiger partial charge in [-0.05, 0) is 12.5 Å². The third-order valence-electron chi connectivity index (χ3n) is 4.57. The molecule has 0 amide bonds. The van der Waals surface area contributed by atoms with Gasteiger partial charge in [0.25, 0.3) is 0 Å². The van der Waals surface area contributed by atoms with E-state index < -0.39 is 0 Å². The van der Waals surface area contributed by atoms with Crippen LogP contribution >= 0.6 is 11.3 Å². The van der Waals surface area contributed by atoms with Crippen LogP contribution in [-0.2, 0) is 13.1 Å². The van der Waals surface area contributed by atoms with Gasteiger partial charge >= 0.3 is 0 Å². The topological polar surface area (TPSA) is 47.0 Å². The second-order valence-electron chi connectivity index (χ2n) is 6.93. The van der Waals surface area contributed by atoms with Crippen molar-refractivity contribution in [1.29, 1.82) is 0 Å². The van der Waals surface area contributed by atoms with E-state index in [1.807, 2.05) is 19.0 Å². The van der Waals surface area contributed by atoms with Gasteiger partial charge in [-0.3, -0.25) is 4.90 Å². The second kappa shape index (κ2) is 9.71. The van der Waals surface area contributed by atoms with Crippen LogP contribution in [0.2, 0.25) is 0 Å². The van der Waals surface area contributed by atoms with Gasteiger partial charge in [0.05, 0.1) is 12.2 Å². The van der Waals surface area contributed by atoms with Crippen LogP contribution < -0.4 is 10.2 Å². The van der Waals surface area contributed by atoms with Crippen molar-refractivity contribution >= 4 is 22.4 Å². The molecule has 1 aliphatic heterocycles. The number of hydrogen-bond donors (Lipinski definition) is 1. The Morgan fingerprint density at radius 3 is 2.56 bits per heavy atom. The Bertz CT molecular complexity index is 719. The zero-order chi connectivity index (χ0) is 19.1. The van der Waals surface area contributed by atoms with Gasteiger partial charge in [-0.15, -0.1) is 11.3 Å². The number of aromatic nitrogens is 1. The number of piperazine rings is 1. The Hall–Kier alpha value is -2.12. The number of guanidine groups is 1. The lowest BCUT2D eigenvalue weighted by atomic mass is 10.2. The minimum absolute atomic E-state index is 0.622. The zero-order valence-electron chi connectivity index (χ0n) is 16.6. The molecule has 1 aromatic heterocycles. The van der Waals surface area contributed by atoms with Gasteiger partial charge in [-0.1, -0.05) is 30.3 Å². The SMILES string of the molecule is CCNC(=NCc1csc(N(C)C)n1)N1CCN(Cc2ccccc2)CC1. The summed E-state index contributed by atoms with van der Waals surface area (Å²) in [7, 11) is 4.04. The average molecular weight is 387 g/mol. The molecule has 0 radical (unpaired) electrons. The highest BCUT2D eigenvalue weighted by atomic mass is 32.1. The standard InChI is InChI=1S/C20H30N6S/c1-4-21-19(22-14-18-16-27-20(23-18)24(2)3)26-12-10-25(11-13-26)15-17-8-6-5-7-9-17/h5-9,16H,4,10-15H2,1-3H3,(H,21,22). The van der Waals surface area contributed by atoms with Crippen LogP contribution in [0.4, 0.5) is 5.13 Å². The molecule has 1 fully saturated rings. The molecule has 0 aliphatic carbocycles. The predicted octanol–water partition coefficient (Wildman–Crippen LogP) is 2.49. The minimum Gasteiger partial charge on any atom is -0.357 e. The van der Waals surface area contributed by atoms with E-state index >= 15 is 0 Å². The Balaban J connectivity index is 1.55. The first-order chi connectivity index (χ1) is 13.2. The van der Waals surface area contributed by atoms with Gasteiger partial charge in [0.2, 0.25) is 0 Å². The quantitative estimate of drug-likeness (QED) is 0.611. The molecule has 1 aromatic carbocycles. The minimum atomic E-state index is 0.622. The summed E-state index contributed by atoms with van der Waals surface area (Å²) in [5.41, 5.74) is 2.41. The van der Waals surface area contributed by atoms with Crippen molar-refractivity contribution in [2.24, 2.45) is 4.99 Å². The molecule has 0 bridgehead atoms. The largest absolute Gasteiger partial charge is 0.357 e. The van der Waals surface area contributed by atoms with Crippen LogP contribution in [0.1, 0.15) is 18.2 Å². The van der Waals surface area contributed by atoms with Gasteiger partial charge in [0.15, 0.2) is 11.1 Å². The third kappa shape index (κ3) is 5.68. The molecule has 6 nitrogen and oxygen atoms in total. The number of benzene rings is 1. The van der Waals surface area contributed by atoms with E-state index in [2.05, 4.69) is 62.7 Å². The lowest BCUT2D eigenvalue weighted by Gasteiger charge is -2.36. The molecule has 0 spiro atoms. The van der Waals surface area contributed by atoms with Crippen LogP contribution in [-0.4, -0.2) is 67.6 Å². The van der Waals surface area contributed by atoms with E-state index in [9.17, 15) is 0 Å². The molecule has 2 heterocycles. The Kier molecular flexibility index (Phi) is 7.06. The molecule has 0 unspecified atom stereocenters. The fourth-order valence-corrected chi connectivity index (χ4v) is 3.86. The fraction of sp³-hybridized carbons (Fsp3) is 0.500. The van der Waals surface area contributed by atoms with Gasteiger partial charge < -0.3 is 15.1 Å². The molecule has 0 atom stereocenters. The second-order valence-corrected chi connectivity index (χ2v) is 7.77. The fourth-order valence-electron chi connectivity index (χ4n) is 3.12. The number of hydrogen-bond acceptors (Lipinski definition) is 5. The maximum Gasteiger partial charge on any atom is 0.194 e. The summed E-state index contributed by atoms with van der Waals surface area (Å²) in [5, 5.41) is 6.56. The van der Waals surface area contributed by atoms with Crippen LogP contribution in [0.25, 0.3) is 0 Å². The van der Waals surface area contributed by atoms with Crippen molar-refractivity contribution in [2.75, 3.05) is 51.7 Å². The van der Waals surface area contributed by atoms with Gasteiger partial charge in [-0.25, -0.2) is 9.98 Å². The molecule has 146 valence electrons. The summed E-state index contributed by atoms with van der Waals surface area (Å²) in [5.74, 6) is 0.997. The molecular formula is C20H30N6S. The number of nitrogens with one attached hydrogen (secondary N) is 1. The van der Waals surface area contributed by atoms with Crippen molar-refractivity contribution in [2.45, 2.75) is 20.0 Å². The molecular weight excluding hydrogens is 356 g/mol. The Labute approximate surface area is 166 Å². The number of anilines is 1. The van der Waals surface area contributed by atoms with Crippen molar-refractivity contribution in [3.8, 4) is 0 Å². The first kappa shape index (κ1) is 19.6. The van der Waals surface area contributed by atoms with Crippen molar-refractivity contribution < 1.29 is 0 Å². The molecule has 2 aromatic rings. The highest BCUT2D eigenvalue weighted by Gasteiger charge is 2.19. The molecule has 27 heavy (non-hydrogen) atoms. The van der Waals surface area contributed by atoms with E-state index in [1.165, 1.54) is 5.56 Å². The van der Waals surface area contributed by atoms with Crippen LogP contribution in [0.5, 0.6) is 0 Å². The molecule has 1 aliphatic rings. The number of nitrogens with zero attached hydrogens (tertiary/aromatic N) is 5. The van der Waals surface area contributed by atoms with E-state index in [0.717, 1.165) is 56.1 Å². The van der Waals surface area contributed by atoms with Crippen molar-refractivity contribution in [3.63, 3.8) is 0 Å². The monoisotopic (exact) mass is 386 g/mol. The summed E-state index contributed by atoms with van der Waals surface area (Å²) in [6.07, 6.45) is 0. The maximum absolute atomic E-state index is 4.83. The summed E-state index contributed by atoms with van der Waals surface area (Å²) < 4.78 is 0. The normalized spacial score (nSPS) is 15.8. The van der Waals surface area contributed by atoms with Gasteiger partial charge in [-0.2, -0.15) is 0 Å². The zero-order valence-corrected chi connectivity index (χ0v) is 17.4. The molecule has 1 N–H and O–H groups in total. The summed E-state index contributed by atoms with van der Waals surface area (Å²) in [6.45, 7) is 8.75. The van der Waals surface area contributed by atoms with Crippen molar-refractivity contribution in [3.05, 3.63) is 47.0 Å². The number of thiazole rings is 1.